The van der Waals surface area contributed by atoms with Crippen LogP contribution in [0.2, 0.25) is 0 Å². The van der Waals surface area contributed by atoms with Gasteiger partial charge in [-0.2, -0.15) is 11.8 Å². The number of hydrogen-bond donors (Lipinski definition) is 2. The zero-order valence-corrected chi connectivity index (χ0v) is 14.1. The van der Waals surface area contributed by atoms with Crippen molar-refractivity contribution in [1.82, 2.24) is 10.0 Å². The molecule has 0 aromatic carbocycles. The van der Waals surface area contributed by atoms with Gasteiger partial charge in [-0.3, -0.25) is 0 Å². The Morgan fingerprint density at radius 2 is 2.16 bits per heavy atom. The summed E-state index contributed by atoms with van der Waals surface area (Å²) in [6.45, 7) is 6.10. The van der Waals surface area contributed by atoms with Gasteiger partial charge in [-0.25, -0.2) is 13.1 Å². The van der Waals surface area contributed by atoms with Gasteiger partial charge in [-0.05, 0) is 43.5 Å². The molecule has 0 atom stereocenters. The zero-order valence-electron chi connectivity index (χ0n) is 11.7. The van der Waals surface area contributed by atoms with Crippen LogP contribution in [0.1, 0.15) is 23.8 Å². The summed E-state index contributed by atoms with van der Waals surface area (Å²) in [6, 6.07) is 1.76. The Morgan fingerprint density at radius 3 is 2.79 bits per heavy atom. The smallest absolute Gasteiger partial charge is 0.250 e. The van der Waals surface area contributed by atoms with Crippen LogP contribution < -0.4 is 10.0 Å². The Morgan fingerprint density at radius 1 is 1.42 bits per heavy atom. The maximum Gasteiger partial charge on any atom is 0.250 e. The molecule has 0 aliphatic carbocycles. The van der Waals surface area contributed by atoms with Crippen LogP contribution in [-0.2, 0) is 16.6 Å². The van der Waals surface area contributed by atoms with Crippen LogP contribution in [0.4, 0.5) is 0 Å². The summed E-state index contributed by atoms with van der Waals surface area (Å²) >= 11 is 3.08. The van der Waals surface area contributed by atoms with E-state index in [-0.39, 0.29) is 0 Å². The van der Waals surface area contributed by atoms with E-state index in [1.54, 1.807) is 17.8 Å². The fraction of sp³-hybridized carbons (Fsp3) is 0.667. The first kappa shape index (κ1) is 17.0. The quantitative estimate of drug-likeness (QED) is 0.684. The van der Waals surface area contributed by atoms with Crippen LogP contribution in [0, 0.1) is 6.92 Å². The largest absolute Gasteiger partial charge is 0.312 e. The summed E-state index contributed by atoms with van der Waals surface area (Å²) in [6.07, 6.45) is 2.87. The second kappa shape index (κ2) is 8.26. The van der Waals surface area contributed by atoms with Gasteiger partial charge in [-0.1, -0.05) is 6.92 Å². The molecule has 0 amide bonds. The Bertz CT molecular complexity index is 483. The highest BCUT2D eigenvalue weighted by Gasteiger charge is 2.18. The fourth-order valence-corrected chi connectivity index (χ4v) is 4.64. The molecule has 0 unspecified atom stereocenters. The van der Waals surface area contributed by atoms with Gasteiger partial charge in [-0.15, -0.1) is 11.3 Å². The van der Waals surface area contributed by atoms with E-state index in [1.807, 2.05) is 20.1 Å². The highest BCUT2D eigenvalue weighted by Crippen LogP contribution is 2.25. The first-order valence-corrected chi connectivity index (χ1v) is 9.99. The standard InChI is InChI=1S/C12H22N2O2S3/c1-4-13-9-11-10(2)8-12(18-11)19(15,16)14-6-5-7-17-3/h8,13-14H,4-7,9H2,1-3H3. The third-order valence-electron chi connectivity index (χ3n) is 2.62. The van der Waals surface area contributed by atoms with Gasteiger partial charge in [0, 0.05) is 18.0 Å². The van der Waals surface area contributed by atoms with Crippen molar-refractivity contribution in [3.8, 4) is 0 Å². The molecule has 1 aromatic rings. The maximum absolute atomic E-state index is 12.1. The molecule has 0 saturated heterocycles. The lowest BCUT2D eigenvalue weighted by Gasteiger charge is -2.03. The second-order valence-corrected chi connectivity index (χ2v) is 8.31. The highest BCUT2D eigenvalue weighted by molar-refractivity contribution is 7.98. The van der Waals surface area contributed by atoms with Crippen molar-refractivity contribution in [3.05, 3.63) is 16.5 Å². The molecule has 4 nitrogen and oxygen atoms in total. The summed E-state index contributed by atoms with van der Waals surface area (Å²) in [4.78, 5) is 1.09. The Labute approximate surface area is 124 Å². The predicted molar refractivity (Wildman–Crippen MR) is 84.6 cm³/mol. The van der Waals surface area contributed by atoms with Gasteiger partial charge >= 0.3 is 0 Å². The number of hydrogen-bond acceptors (Lipinski definition) is 5. The minimum absolute atomic E-state index is 0.419. The number of rotatable bonds is 9. The topological polar surface area (TPSA) is 58.2 Å². The summed E-state index contributed by atoms with van der Waals surface area (Å²) in [5.41, 5.74) is 1.04. The Kier molecular flexibility index (Phi) is 7.38. The summed E-state index contributed by atoms with van der Waals surface area (Å²) in [7, 11) is -3.34. The highest BCUT2D eigenvalue weighted by atomic mass is 32.2. The van der Waals surface area contributed by atoms with E-state index in [1.165, 1.54) is 11.3 Å². The molecular formula is C12H22N2O2S3. The molecular weight excluding hydrogens is 300 g/mol. The third kappa shape index (κ3) is 5.43. The molecule has 0 fully saturated rings. The Balaban J connectivity index is 2.67. The molecule has 110 valence electrons. The van der Waals surface area contributed by atoms with E-state index < -0.39 is 10.0 Å². The van der Waals surface area contributed by atoms with Crippen molar-refractivity contribution < 1.29 is 8.42 Å². The van der Waals surface area contributed by atoms with Crippen molar-refractivity contribution in [2.24, 2.45) is 0 Å². The number of thiophene rings is 1. The third-order valence-corrected chi connectivity index (χ3v) is 6.48. The van der Waals surface area contributed by atoms with E-state index in [4.69, 9.17) is 0 Å². The van der Waals surface area contributed by atoms with Crippen LogP contribution in [0.5, 0.6) is 0 Å². The van der Waals surface area contributed by atoms with Gasteiger partial charge in [0.05, 0.1) is 0 Å². The van der Waals surface area contributed by atoms with E-state index >= 15 is 0 Å². The van der Waals surface area contributed by atoms with Gasteiger partial charge < -0.3 is 5.32 Å². The molecule has 1 rings (SSSR count). The lowest BCUT2D eigenvalue weighted by molar-refractivity contribution is 0.583. The van der Waals surface area contributed by atoms with Crippen molar-refractivity contribution >= 4 is 33.1 Å². The number of thioether (sulfide) groups is 1. The summed E-state index contributed by atoms with van der Waals surface area (Å²) < 4.78 is 27.3. The molecule has 1 heterocycles. The Hall–Kier alpha value is -0.0800. The molecule has 0 saturated carbocycles. The summed E-state index contributed by atoms with van der Waals surface area (Å²) in [5, 5.41) is 3.22. The lowest BCUT2D eigenvalue weighted by atomic mass is 10.3. The minimum Gasteiger partial charge on any atom is -0.312 e. The van der Waals surface area contributed by atoms with Gasteiger partial charge in [0.2, 0.25) is 10.0 Å². The van der Waals surface area contributed by atoms with Crippen LogP contribution >= 0.6 is 23.1 Å². The molecule has 1 aromatic heterocycles. The predicted octanol–water partition coefficient (Wildman–Crippen LogP) is 2.20. The lowest BCUT2D eigenvalue weighted by Crippen LogP contribution is -2.24. The van der Waals surface area contributed by atoms with Crippen LogP contribution in [0.15, 0.2) is 10.3 Å². The minimum atomic E-state index is -3.34. The van der Waals surface area contributed by atoms with Crippen LogP contribution in [0.3, 0.4) is 0 Å². The first-order valence-electron chi connectivity index (χ1n) is 6.30. The molecule has 0 aliphatic heterocycles. The van der Waals surface area contributed by atoms with E-state index in [0.717, 1.165) is 35.7 Å². The second-order valence-electron chi connectivity index (χ2n) is 4.20. The van der Waals surface area contributed by atoms with E-state index in [0.29, 0.717) is 10.8 Å². The average molecular weight is 323 g/mol. The van der Waals surface area contributed by atoms with Gasteiger partial charge in [0.25, 0.3) is 0 Å². The normalized spacial score (nSPS) is 11.9. The van der Waals surface area contributed by atoms with E-state index in [9.17, 15) is 8.42 Å². The van der Waals surface area contributed by atoms with Gasteiger partial charge in [0.15, 0.2) is 0 Å². The maximum atomic E-state index is 12.1. The van der Waals surface area contributed by atoms with Crippen molar-refractivity contribution in [3.63, 3.8) is 0 Å². The summed E-state index contributed by atoms with van der Waals surface area (Å²) in [5.74, 6) is 0.970. The molecule has 0 bridgehead atoms. The van der Waals surface area contributed by atoms with Crippen molar-refractivity contribution in [2.45, 2.75) is 31.0 Å². The molecule has 0 spiro atoms. The monoisotopic (exact) mass is 322 g/mol. The zero-order chi connectivity index (χ0) is 14.3. The first-order chi connectivity index (χ1) is 9.01. The fourth-order valence-electron chi connectivity index (χ4n) is 1.53. The van der Waals surface area contributed by atoms with Crippen LogP contribution in [0.25, 0.3) is 0 Å². The number of nitrogens with one attached hydrogen (secondary N) is 2. The van der Waals surface area contributed by atoms with Crippen LogP contribution in [-0.4, -0.2) is 33.5 Å². The molecule has 0 aliphatic rings. The molecule has 2 N–H and O–H groups in total. The molecule has 7 heteroatoms. The molecule has 19 heavy (non-hydrogen) atoms. The number of sulfonamides is 1. The van der Waals surface area contributed by atoms with Crippen molar-refractivity contribution in [2.75, 3.05) is 25.1 Å². The van der Waals surface area contributed by atoms with Gasteiger partial charge in [0.1, 0.15) is 4.21 Å². The average Bonchev–Trinajstić information content (AvgIpc) is 2.74. The van der Waals surface area contributed by atoms with Crippen molar-refractivity contribution in [1.29, 1.82) is 0 Å². The molecule has 0 radical (unpaired) electrons. The number of aryl methyl sites for hydroxylation is 1. The van der Waals surface area contributed by atoms with E-state index in [2.05, 4.69) is 10.0 Å². The SMILES string of the molecule is CCNCc1sc(S(=O)(=O)NCCCSC)cc1C.